The van der Waals surface area contributed by atoms with Gasteiger partial charge in [0.25, 0.3) is 0 Å². The summed E-state index contributed by atoms with van der Waals surface area (Å²) in [6, 6.07) is 68.1. The second-order valence-corrected chi connectivity index (χ2v) is 14.7. The van der Waals surface area contributed by atoms with Crippen molar-refractivity contribution in [1.29, 1.82) is 0 Å². The van der Waals surface area contributed by atoms with Crippen LogP contribution in [0.3, 0.4) is 0 Å². The van der Waals surface area contributed by atoms with Crippen molar-refractivity contribution in [2.75, 3.05) is 4.90 Å². The van der Waals surface area contributed by atoms with E-state index in [2.05, 4.69) is 187 Å². The highest BCUT2D eigenvalue weighted by Crippen LogP contribution is 2.47. The van der Waals surface area contributed by atoms with Gasteiger partial charge in [-0.2, -0.15) is 0 Å². The summed E-state index contributed by atoms with van der Waals surface area (Å²) in [5.74, 6) is 0. The predicted octanol–water partition coefficient (Wildman–Crippen LogP) is 15.1. The minimum atomic E-state index is 0.897. The summed E-state index contributed by atoms with van der Waals surface area (Å²) in [7, 11) is 0. The molecule has 53 heavy (non-hydrogen) atoms. The maximum Gasteiger partial charge on any atom is 0.143 e. The molecule has 0 amide bonds. The summed E-state index contributed by atoms with van der Waals surface area (Å²) < 4.78 is 9.24. The Labute approximate surface area is 310 Å². The van der Waals surface area contributed by atoms with Gasteiger partial charge in [-0.3, -0.25) is 0 Å². The fourth-order valence-corrected chi connectivity index (χ4v) is 9.36. The van der Waals surface area contributed by atoms with Crippen LogP contribution in [0, 0.1) is 0 Å². The SMILES string of the molecule is c1ccc(-c2ccc(N(c3ccc4c(c3)sc3ccccc34)c3cc4ccccc4c4ccccc34)cc2-c2cccc3c2oc2ccccc23)cc1. The molecule has 0 saturated carbocycles. The van der Waals surface area contributed by atoms with Crippen molar-refractivity contribution in [3.63, 3.8) is 0 Å². The minimum absolute atomic E-state index is 0.897. The van der Waals surface area contributed by atoms with Crippen LogP contribution in [-0.4, -0.2) is 0 Å². The van der Waals surface area contributed by atoms with Crippen LogP contribution in [0.15, 0.2) is 192 Å². The molecule has 2 aromatic heterocycles. The van der Waals surface area contributed by atoms with E-state index in [1.807, 2.05) is 17.4 Å². The van der Waals surface area contributed by atoms with E-state index in [0.717, 1.165) is 61.3 Å². The molecule has 11 aromatic rings. The van der Waals surface area contributed by atoms with Crippen molar-refractivity contribution in [1.82, 2.24) is 0 Å². The Hall–Kier alpha value is -6.68. The van der Waals surface area contributed by atoms with Gasteiger partial charge < -0.3 is 9.32 Å². The first kappa shape index (κ1) is 30.0. The third kappa shape index (κ3) is 4.78. The van der Waals surface area contributed by atoms with Crippen molar-refractivity contribution in [2.45, 2.75) is 0 Å². The molecule has 0 aliphatic carbocycles. The number of thiophene rings is 1. The van der Waals surface area contributed by atoms with Gasteiger partial charge in [0.05, 0.1) is 5.69 Å². The zero-order valence-corrected chi connectivity index (χ0v) is 29.5. The Morgan fingerprint density at radius 1 is 0.377 bits per heavy atom. The Kier molecular flexibility index (Phi) is 6.76. The average Bonchev–Trinajstić information content (AvgIpc) is 3.79. The summed E-state index contributed by atoms with van der Waals surface area (Å²) in [4.78, 5) is 2.45. The number of hydrogen-bond donors (Lipinski definition) is 0. The van der Waals surface area contributed by atoms with E-state index in [-0.39, 0.29) is 0 Å². The van der Waals surface area contributed by atoms with Crippen molar-refractivity contribution in [3.8, 4) is 22.3 Å². The molecule has 2 heterocycles. The summed E-state index contributed by atoms with van der Waals surface area (Å²) in [5.41, 5.74) is 9.64. The minimum Gasteiger partial charge on any atom is -0.455 e. The molecule has 0 bridgehead atoms. The van der Waals surface area contributed by atoms with Gasteiger partial charge in [0.15, 0.2) is 0 Å². The normalized spacial score (nSPS) is 11.8. The fraction of sp³-hybridized carbons (Fsp3) is 0. The second kappa shape index (κ2) is 11.9. The van der Waals surface area contributed by atoms with Gasteiger partial charge in [-0.1, -0.05) is 146 Å². The number of hydrogen-bond acceptors (Lipinski definition) is 3. The lowest BCUT2D eigenvalue weighted by Crippen LogP contribution is -2.11. The van der Waals surface area contributed by atoms with Crippen molar-refractivity contribution in [3.05, 3.63) is 188 Å². The Bertz CT molecular complexity index is 3190. The third-order valence-electron chi connectivity index (χ3n) is 10.6. The predicted molar refractivity (Wildman–Crippen MR) is 227 cm³/mol. The first-order valence-electron chi connectivity index (χ1n) is 18.0. The molecule has 3 heteroatoms. The van der Waals surface area contributed by atoms with E-state index in [9.17, 15) is 0 Å². The van der Waals surface area contributed by atoms with Crippen LogP contribution in [0.1, 0.15) is 0 Å². The molecule has 9 aromatic carbocycles. The number of fused-ring (bicyclic) bond motifs is 9. The molecule has 0 aliphatic heterocycles. The maximum absolute atomic E-state index is 6.67. The smallest absolute Gasteiger partial charge is 0.143 e. The van der Waals surface area contributed by atoms with Gasteiger partial charge in [-0.05, 0) is 75.3 Å². The van der Waals surface area contributed by atoms with Crippen molar-refractivity contribution in [2.24, 2.45) is 0 Å². The molecule has 0 atom stereocenters. The lowest BCUT2D eigenvalue weighted by atomic mass is 9.92. The van der Waals surface area contributed by atoms with Gasteiger partial charge in [0.2, 0.25) is 0 Å². The van der Waals surface area contributed by atoms with Crippen LogP contribution in [0.5, 0.6) is 0 Å². The van der Waals surface area contributed by atoms with Gasteiger partial charge in [-0.25, -0.2) is 0 Å². The van der Waals surface area contributed by atoms with Gasteiger partial charge >= 0.3 is 0 Å². The number of anilines is 3. The first-order chi connectivity index (χ1) is 26.3. The molecular formula is C50H31NOS. The lowest BCUT2D eigenvalue weighted by Gasteiger charge is -2.28. The second-order valence-electron chi connectivity index (χ2n) is 13.7. The van der Waals surface area contributed by atoms with Crippen LogP contribution in [0.25, 0.3) is 85.9 Å². The molecule has 248 valence electrons. The van der Waals surface area contributed by atoms with Crippen LogP contribution >= 0.6 is 11.3 Å². The van der Waals surface area contributed by atoms with E-state index >= 15 is 0 Å². The Morgan fingerprint density at radius 3 is 1.92 bits per heavy atom. The third-order valence-corrected chi connectivity index (χ3v) is 11.8. The summed E-state index contributed by atoms with van der Waals surface area (Å²) in [6.07, 6.45) is 0. The van der Waals surface area contributed by atoms with E-state index in [1.165, 1.54) is 41.7 Å². The van der Waals surface area contributed by atoms with Crippen molar-refractivity contribution >= 4 is 92.1 Å². The summed E-state index contributed by atoms with van der Waals surface area (Å²) >= 11 is 1.85. The molecular weight excluding hydrogens is 663 g/mol. The van der Waals surface area contributed by atoms with Gasteiger partial charge in [0.1, 0.15) is 11.2 Å². The molecule has 2 nitrogen and oxygen atoms in total. The fourth-order valence-electron chi connectivity index (χ4n) is 8.22. The molecule has 0 saturated heterocycles. The number of para-hydroxylation sites is 2. The van der Waals surface area contributed by atoms with Crippen molar-refractivity contribution < 1.29 is 4.42 Å². The largest absolute Gasteiger partial charge is 0.455 e. The molecule has 0 unspecified atom stereocenters. The number of furan rings is 1. The highest BCUT2D eigenvalue weighted by Gasteiger charge is 2.22. The highest BCUT2D eigenvalue weighted by atomic mass is 32.1. The highest BCUT2D eigenvalue weighted by molar-refractivity contribution is 7.25. The molecule has 0 aliphatic rings. The van der Waals surface area contributed by atoms with Gasteiger partial charge in [0, 0.05) is 53.3 Å². The van der Waals surface area contributed by atoms with Crippen LogP contribution in [0.4, 0.5) is 17.1 Å². The van der Waals surface area contributed by atoms with Crippen LogP contribution in [0.2, 0.25) is 0 Å². The zero-order valence-electron chi connectivity index (χ0n) is 28.7. The number of benzene rings is 9. The molecule has 0 spiro atoms. The van der Waals surface area contributed by atoms with Crippen LogP contribution in [-0.2, 0) is 0 Å². The topological polar surface area (TPSA) is 16.4 Å². The average molecular weight is 694 g/mol. The lowest BCUT2D eigenvalue weighted by molar-refractivity contribution is 0.670. The summed E-state index contributed by atoms with van der Waals surface area (Å²) in [5, 5.41) is 9.74. The van der Waals surface area contributed by atoms with Crippen LogP contribution < -0.4 is 4.90 Å². The monoisotopic (exact) mass is 693 g/mol. The Morgan fingerprint density at radius 2 is 1.04 bits per heavy atom. The van der Waals surface area contributed by atoms with E-state index < -0.39 is 0 Å². The molecule has 11 rings (SSSR count). The van der Waals surface area contributed by atoms with E-state index in [1.54, 1.807) is 0 Å². The Balaban J connectivity index is 1.22. The van der Waals surface area contributed by atoms with Gasteiger partial charge in [-0.15, -0.1) is 11.3 Å². The molecule has 0 fully saturated rings. The number of rotatable bonds is 5. The van der Waals surface area contributed by atoms with E-state index in [4.69, 9.17) is 4.42 Å². The maximum atomic E-state index is 6.67. The standard InChI is InChI=1S/C50H31NOS/c1-2-13-32(14-3-1)37-27-25-34(30-45(37)44-22-12-21-43-40-19-8-10-23-47(40)52-50(43)44)51(35-26-28-42-41-20-9-11-24-48(41)53-49(42)31-35)46-29-33-15-4-5-16-36(33)38-17-6-7-18-39(38)46/h1-31H. The summed E-state index contributed by atoms with van der Waals surface area (Å²) in [6.45, 7) is 0. The molecule has 0 N–H and O–H groups in total. The first-order valence-corrected chi connectivity index (χ1v) is 18.8. The quantitative estimate of drug-likeness (QED) is 0.167. The zero-order chi connectivity index (χ0) is 34.9. The number of nitrogens with zero attached hydrogens (tertiary/aromatic N) is 1. The molecule has 0 radical (unpaired) electrons. The van der Waals surface area contributed by atoms with E-state index in [0.29, 0.717) is 0 Å².